The second kappa shape index (κ2) is 8.90. The number of aliphatic imine (C=N–C) groups is 1. The summed E-state index contributed by atoms with van der Waals surface area (Å²) in [6, 6.07) is 8.44. The third kappa shape index (κ3) is 5.77. The summed E-state index contributed by atoms with van der Waals surface area (Å²) < 4.78 is 1.13. The SMILES string of the molecule is CN=C(NCCCc1cccc(Br)c1)NCc1ncc(C)s1. The predicted octanol–water partition coefficient (Wildman–Crippen LogP) is 3.51. The molecule has 0 unspecified atom stereocenters. The Hall–Kier alpha value is -1.40. The number of hydrogen-bond acceptors (Lipinski definition) is 3. The monoisotopic (exact) mass is 380 g/mol. The molecule has 4 nitrogen and oxygen atoms in total. The van der Waals surface area contributed by atoms with Gasteiger partial charge in [0.15, 0.2) is 5.96 Å². The van der Waals surface area contributed by atoms with Crippen LogP contribution in [-0.4, -0.2) is 24.5 Å². The van der Waals surface area contributed by atoms with Gasteiger partial charge in [0.05, 0.1) is 6.54 Å². The molecular weight excluding hydrogens is 360 g/mol. The first kappa shape index (κ1) is 17.0. The lowest BCUT2D eigenvalue weighted by atomic mass is 10.1. The molecule has 0 spiro atoms. The average molecular weight is 381 g/mol. The first-order valence-electron chi connectivity index (χ1n) is 7.27. The second-order valence-electron chi connectivity index (χ2n) is 4.95. The van der Waals surface area contributed by atoms with E-state index in [4.69, 9.17) is 0 Å². The fraction of sp³-hybridized carbons (Fsp3) is 0.375. The van der Waals surface area contributed by atoms with Gasteiger partial charge >= 0.3 is 0 Å². The van der Waals surface area contributed by atoms with Gasteiger partial charge < -0.3 is 10.6 Å². The van der Waals surface area contributed by atoms with E-state index in [-0.39, 0.29) is 0 Å². The molecule has 2 N–H and O–H groups in total. The molecule has 2 aromatic rings. The van der Waals surface area contributed by atoms with Gasteiger partial charge in [0.25, 0.3) is 0 Å². The highest BCUT2D eigenvalue weighted by Gasteiger charge is 2.01. The molecule has 0 amide bonds. The molecule has 0 aliphatic heterocycles. The van der Waals surface area contributed by atoms with Gasteiger partial charge in [-0.25, -0.2) is 4.98 Å². The normalized spacial score (nSPS) is 11.5. The number of nitrogens with zero attached hydrogens (tertiary/aromatic N) is 2. The van der Waals surface area contributed by atoms with E-state index in [1.807, 2.05) is 12.3 Å². The summed E-state index contributed by atoms with van der Waals surface area (Å²) in [5.41, 5.74) is 1.34. The van der Waals surface area contributed by atoms with Crippen LogP contribution in [0.15, 0.2) is 39.9 Å². The summed E-state index contributed by atoms with van der Waals surface area (Å²) in [6.07, 6.45) is 4.01. The van der Waals surface area contributed by atoms with E-state index < -0.39 is 0 Å². The van der Waals surface area contributed by atoms with Crippen LogP contribution < -0.4 is 10.6 Å². The van der Waals surface area contributed by atoms with Crippen LogP contribution in [0.25, 0.3) is 0 Å². The summed E-state index contributed by atoms with van der Waals surface area (Å²) in [6.45, 7) is 3.67. The van der Waals surface area contributed by atoms with Crippen molar-refractivity contribution in [2.45, 2.75) is 26.3 Å². The zero-order chi connectivity index (χ0) is 15.8. The van der Waals surface area contributed by atoms with Crippen LogP contribution in [0.2, 0.25) is 0 Å². The van der Waals surface area contributed by atoms with Gasteiger partial charge in [0.1, 0.15) is 5.01 Å². The largest absolute Gasteiger partial charge is 0.356 e. The van der Waals surface area contributed by atoms with Crippen LogP contribution in [0.5, 0.6) is 0 Å². The first-order valence-corrected chi connectivity index (χ1v) is 8.88. The summed E-state index contributed by atoms with van der Waals surface area (Å²) in [5, 5.41) is 7.70. The number of halogens is 1. The molecule has 1 aromatic heterocycles. The topological polar surface area (TPSA) is 49.3 Å². The van der Waals surface area contributed by atoms with Crippen LogP contribution in [-0.2, 0) is 13.0 Å². The maximum Gasteiger partial charge on any atom is 0.191 e. The minimum absolute atomic E-state index is 0.712. The lowest BCUT2D eigenvalue weighted by Crippen LogP contribution is -2.37. The Morgan fingerprint density at radius 3 is 2.91 bits per heavy atom. The van der Waals surface area contributed by atoms with E-state index >= 15 is 0 Å². The summed E-state index contributed by atoms with van der Waals surface area (Å²) in [4.78, 5) is 9.80. The molecule has 0 aliphatic rings. The molecule has 2 rings (SSSR count). The van der Waals surface area contributed by atoms with Crippen molar-refractivity contribution < 1.29 is 0 Å². The minimum Gasteiger partial charge on any atom is -0.356 e. The van der Waals surface area contributed by atoms with Crippen LogP contribution in [0.1, 0.15) is 21.9 Å². The standard InChI is InChI=1S/C16H21BrN4S/c1-12-10-20-15(22-12)11-21-16(18-2)19-8-4-6-13-5-3-7-14(17)9-13/h3,5,7,9-10H,4,6,8,11H2,1-2H3,(H2,18,19,21). The van der Waals surface area contributed by atoms with Crippen molar-refractivity contribution in [3.63, 3.8) is 0 Å². The Kier molecular flexibility index (Phi) is 6.86. The molecule has 0 fully saturated rings. The van der Waals surface area contributed by atoms with Crippen molar-refractivity contribution >= 4 is 33.2 Å². The van der Waals surface area contributed by atoms with Crippen LogP contribution in [0.4, 0.5) is 0 Å². The Bertz CT molecular complexity index is 624. The molecular formula is C16H21BrN4S. The molecule has 0 saturated carbocycles. The van der Waals surface area contributed by atoms with Gasteiger partial charge in [-0.1, -0.05) is 28.1 Å². The molecule has 6 heteroatoms. The first-order chi connectivity index (χ1) is 10.7. The van der Waals surface area contributed by atoms with E-state index in [0.717, 1.165) is 34.8 Å². The Balaban J connectivity index is 1.68. The third-order valence-electron chi connectivity index (χ3n) is 3.12. The van der Waals surface area contributed by atoms with Crippen molar-refractivity contribution in [1.29, 1.82) is 0 Å². The highest BCUT2D eigenvalue weighted by molar-refractivity contribution is 9.10. The number of aryl methyl sites for hydroxylation is 2. The Morgan fingerprint density at radius 1 is 1.36 bits per heavy atom. The lowest BCUT2D eigenvalue weighted by Gasteiger charge is -2.10. The van der Waals surface area contributed by atoms with Crippen molar-refractivity contribution in [3.8, 4) is 0 Å². The van der Waals surface area contributed by atoms with Gasteiger partial charge in [-0.05, 0) is 37.5 Å². The Morgan fingerprint density at radius 2 is 2.23 bits per heavy atom. The van der Waals surface area contributed by atoms with Crippen LogP contribution in [0, 0.1) is 6.92 Å². The van der Waals surface area contributed by atoms with E-state index in [1.165, 1.54) is 10.4 Å². The molecule has 118 valence electrons. The molecule has 1 aromatic carbocycles. The number of thiazole rings is 1. The molecule has 0 atom stereocenters. The third-order valence-corrected chi connectivity index (χ3v) is 4.53. The summed E-state index contributed by atoms with van der Waals surface area (Å²) in [5.74, 6) is 0.821. The molecule has 22 heavy (non-hydrogen) atoms. The molecule has 0 radical (unpaired) electrons. The fourth-order valence-electron chi connectivity index (χ4n) is 2.05. The number of hydrogen-bond donors (Lipinski definition) is 2. The summed E-state index contributed by atoms with van der Waals surface area (Å²) in [7, 11) is 1.79. The number of nitrogens with one attached hydrogen (secondary N) is 2. The zero-order valence-corrected chi connectivity index (χ0v) is 15.3. The smallest absolute Gasteiger partial charge is 0.191 e. The number of rotatable bonds is 6. The van der Waals surface area contributed by atoms with E-state index in [0.29, 0.717) is 6.54 Å². The van der Waals surface area contributed by atoms with Gasteiger partial charge in [-0.3, -0.25) is 4.99 Å². The number of benzene rings is 1. The lowest BCUT2D eigenvalue weighted by molar-refractivity contribution is 0.741. The van der Waals surface area contributed by atoms with Crippen LogP contribution in [0.3, 0.4) is 0 Å². The quantitative estimate of drug-likeness (QED) is 0.457. The number of guanidine groups is 1. The van der Waals surface area contributed by atoms with Crippen molar-refractivity contribution in [2.75, 3.05) is 13.6 Å². The second-order valence-corrected chi connectivity index (χ2v) is 7.19. The van der Waals surface area contributed by atoms with E-state index in [1.54, 1.807) is 18.4 Å². The van der Waals surface area contributed by atoms with Crippen molar-refractivity contribution in [1.82, 2.24) is 15.6 Å². The minimum atomic E-state index is 0.712. The van der Waals surface area contributed by atoms with Gasteiger partial charge in [-0.15, -0.1) is 11.3 Å². The highest BCUT2D eigenvalue weighted by atomic mass is 79.9. The molecule has 0 aliphatic carbocycles. The van der Waals surface area contributed by atoms with Gasteiger partial charge in [0, 0.05) is 29.1 Å². The Labute approximate surface area is 144 Å². The zero-order valence-electron chi connectivity index (χ0n) is 12.9. The predicted molar refractivity (Wildman–Crippen MR) is 97.5 cm³/mol. The molecule has 1 heterocycles. The summed E-state index contributed by atoms with van der Waals surface area (Å²) >= 11 is 5.21. The van der Waals surface area contributed by atoms with E-state index in [2.05, 4.69) is 61.7 Å². The van der Waals surface area contributed by atoms with Gasteiger partial charge in [0.2, 0.25) is 0 Å². The van der Waals surface area contributed by atoms with Crippen molar-refractivity contribution in [3.05, 3.63) is 50.4 Å². The maximum atomic E-state index is 4.34. The van der Waals surface area contributed by atoms with Gasteiger partial charge in [-0.2, -0.15) is 0 Å². The maximum absolute atomic E-state index is 4.34. The fourth-order valence-corrected chi connectivity index (χ4v) is 3.23. The highest BCUT2D eigenvalue weighted by Crippen LogP contribution is 2.13. The number of aromatic nitrogens is 1. The molecule has 0 bridgehead atoms. The molecule has 0 saturated heterocycles. The van der Waals surface area contributed by atoms with Crippen molar-refractivity contribution in [2.24, 2.45) is 4.99 Å². The van der Waals surface area contributed by atoms with Crippen LogP contribution >= 0.6 is 27.3 Å². The van der Waals surface area contributed by atoms with E-state index in [9.17, 15) is 0 Å². The average Bonchev–Trinajstić information content (AvgIpc) is 2.92.